The van der Waals surface area contributed by atoms with E-state index < -0.39 is 0 Å². The van der Waals surface area contributed by atoms with Crippen molar-refractivity contribution in [3.63, 3.8) is 0 Å². The molecule has 1 aromatic heterocycles. The molecule has 0 fully saturated rings. The zero-order valence-electron chi connectivity index (χ0n) is 10.0. The Morgan fingerprint density at radius 3 is 2.50 bits per heavy atom. The van der Waals surface area contributed by atoms with Crippen LogP contribution in [0.5, 0.6) is 0 Å². The minimum absolute atomic E-state index is 0.246. The van der Waals surface area contributed by atoms with Crippen LogP contribution in [0.25, 0.3) is 0 Å². The van der Waals surface area contributed by atoms with Crippen LogP contribution in [-0.4, -0.2) is 12.0 Å². The molecule has 2 rings (SSSR count). The summed E-state index contributed by atoms with van der Waals surface area (Å²) < 4.78 is 0.999. The van der Waals surface area contributed by atoms with Gasteiger partial charge in [0, 0.05) is 33.8 Å². The van der Waals surface area contributed by atoms with Gasteiger partial charge < -0.3 is 5.32 Å². The summed E-state index contributed by atoms with van der Waals surface area (Å²) in [6, 6.07) is 12.2. The fraction of sp³-hybridized carbons (Fsp3) is 0.214. The van der Waals surface area contributed by atoms with Crippen molar-refractivity contribution in [2.45, 2.75) is 12.5 Å². The quantitative estimate of drug-likeness (QED) is 0.919. The zero-order valence-corrected chi connectivity index (χ0v) is 12.4. The van der Waals surface area contributed by atoms with Gasteiger partial charge in [-0.25, -0.2) is 0 Å². The van der Waals surface area contributed by atoms with Crippen molar-refractivity contribution < 1.29 is 0 Å². The van der Waals surface area contributed by atoms with Crippen LogP contribution in [0.2, 0.25) is 5.02 Å². The Labute approximate surface area is 121 Å². The van der Waals surface area contributed by atoms with E-state index in [1.54, 1.807) is 0 Å². The highest BCUT2D eigenvalue weighted by Crippen LogP contribution is 2.20. The Hall–Kier alpha value is -0.900. The van der Waals surface area contributed by atoms with E-state index in [1.807, 2.05) is 49.6 Å². The third-order valence-electron chi connectivity index (χ3n) is 2.82. The summed E-state index contributed by atoms with van der Waals surface area (Å²) in [6.45, 7) is 0. The van der Waals surface area contributed by atoms with E-state index in [9.17, 15) is 0 Å². The lowest BCUT2D eigenvalue weighted by molar-refractivity contribution is 0.584. The summed E-state index contributed by atoms with van der Waals surface area (Å²) >= 11 is 9.29. The SMILES string of the molecule is CNC(Cc1ccc(Br)cn1)c1ccc(Cl)cc1. The Bertz CT molecular complexity index is 496. The number of hydrogen-bond acceptors (Lipinski definition) is 2. The minimum Gasteiger partial charge on any atom is -0.313 e. The van der Waals surface area contributed by atoms with E-state index >= 15 is 0 Å². The van der Waals surface area contributed by atoms with Crippen LogP contribution in [0, 0.1) is 0 Å². The highest BCUT2D eigenvalue weighted by Gasteiger charge is 2.10. The highest BCUT2D eigenvalue weighted by atomic mass is 79.9. The molecule has 2 aromatic rings. The number of hydrogen-bond donors (Lipinski definition) is 1. The first-order valence-corrected chi connectivity index (χ1v) is 6.89. The standard InChI is InChI=1S/C14H14BrClN2/c1-17-14(10-2-5-12(16)6-3-10)8-13-7-4-11(15)9-18-13/h2-7,9,14,17H,8H2,1H3. The molecule has 0 aliphatic rings. The first-order chi connectivity index (χ1) is 8.69. The number of nitrogens with one attached hydrogen (secondary N) is 1. The normalized spacial score (nSPS) is 12.4. The van der Waals surface area contributed by atoms with Crippen LogP contribution in [-0.2, 0) is 6.42 Å². The average molecular weight is 326 g/mol. The topological polar surface area (TPSA) is 24.9 Å². The van der Waals surface area contributed by atoms with Crippen molar-refractivity contribution >= 4 is 27.5 Å². The molecule has 0 saturated carbocycles. The van der Waals surface area contributed by atoms with E-state index in [2.05, 4.69) is 26.2 Å². The molecular weight excluding hydrogens is 312 g/mol. The molecule has 0 aliphatic carbocycles. The lowest BCUT2D eigenvalue weighted by Crippen LogP contribution is -2.19. The maximum absolute atomic E-state index is 5.90. The lowest BCUT2D eigenvalue weighted by Gasteiger charge is -2.16. The molecule has 0 spiro atoms. The molecule has 94 valence electrons. The molecule has 0 amide bonds. The zero-order chi connectivity index (χ0) is 13.0. The molecule has 2 nitrogen and oxygen atoms in total. The molecule has 1 unspecified atom stereocenters. The van der Waals surface area contributed by atoms with Crippen molar-refractivity contribution in [1.82, 2.24) is 10.3 Å². The molecular formula is C14H14BrClN2. The second kappa shape index (κ2) is 6.32. The number of aromatic nitrogens is 1. The Kier molecular flexibility index (Phi) is 4.75. The molecule has 0 aliphatic heterocycles. The van der Waals surface area contributed by atoms with Gasteiger partial charge in [-0.15, -0.1) is 0 Å². The van der Waals surface area contributed by atoms with Crippen LogP contribution in [0.15, 0.2) is 47.1 Å². The summed E-state index contributed by atoms with van der Waals surface area (Å²) in [5.74, 6) is 0. The van der Waals surface area contributed by atoms with Gasteiger partial charge in [0.15, 0.2) is 0 Å². The Balaban J connectivity index is 2.14. The van der Waals surface area contributed by atoms with Gasteiger partial charge in [0.2, 0.25) is 0 Å². The van der Waals surface area contributed by atoms with Crippen LogP contribution < -0.4 is 5.32 Å². The van der Waals surface area contributed by atoms with Crippen molar-refractivity contribution in [3.8, 4) is 0 Å². The van der Waals surface area contributed by atoms with Crippen LogP contribution >= 0.6 is 27.5 Å². The van der Waals surface area contributed by atoms with Crippen molar-refractivity contribution in [1.29, 1.82) is 0 Å². The summed E-state index contributed by atoms with van der Waals surface area (Å²) in [5.41, 5.74) is 2.28. The smallest absolute Gasteiger partial charge is 0.0423 e. The van der Waals surface area contributed by atoms with E-state index in [-0.39, 0.29) is 6.04 Å². The Morgan fingerprint density at radius 1 is 1.22 bits per heavy atom. The molecule has 1 atom stereocenters. The second-order valence-corrected chi connectivity index (χ2v) is 5.42. The number of benzene rings is 1. The summed E-state index contributed by atoms with van der Waals surface area (Å²) in [5, 5.41) is 4.07. The number of likely N-dealkylation sites (N-methyl/N-ethyl adjacent to an activating group) is 1. The summed E-state index contributed by atoms with van der Waals surface area (Å²) in [6.07, 6.45) is 2.68. The van der Waals surface area contributed by atoms with Crippen molar-refractivity contribution in [2.75, 3.05) is 7.05 Å². The van der Waals surface area contributed by atoms with Gasteiger partial charge in [-0.2, -0.15) is 0 Å². The lowest BCUT2D eigenvalue weighted by atomic mass is 10.0. The van der Waals surface area contributed by atoms with Crippen LogP contribution in [0.4, 0.5) is 0 Å². The van der Waals surface area contributed by atoms with Gasteiger partial charge in [-0.05, 0) is 52.8 Å². The molecule has 1 N–H and O–H groups in total. The first kappa shape index (κ1) is 13.5. The third kappa shape index (κ3) is 3.55. The van der Waals surface area contributed by atoms with Crippen molar-refractivity contribution in [3.05, 3.63) is 63.3 Å². The maximum Gasteiger partial charge on any atom is 0.0423 e. The predicted molar refractivity (Wildman–Crippen MR) is 78.9 cm³/mol. The van der Waals surface area contributed by atoms with Gasteiger partial charge in [0.1, 0.15) is 0 Å². The average Bonchev–Trinajstić information content (AvgIpc) is 2.39. The Morgan fingerprint density at radius 2 is 1.94 bits per heavy atom. The molecule has 0 radical (unpaired) electrons. The molecule has 1 heterocycles. The monoisotopic (exact) mass is 324 g/mol. The van der Waals surface area contributed by atoms with E-state index in [0.29, 0.717) is 0 Å². The number of nitrogens with zero attached hydrogens (tertiary/aromatic N) is 1. The second-order valence-electron chi connectivity index (χ2n) is 4.06. The van der Waals surface area contributed by atoms with Gasteiger partial charge in [0.05, 0.1) is 0 Å². The molecule has 0 saturated heterocycles. The van der Waals surface area contributed by atoms with Gasteiger partial charge >= 0.3 is 0 Å². The summed E-state index contributed by atoms with van der Waals surface area (Å²) in [4.78, 5) is 4.40. The predicted octanol–water partition coefficient (Wildman–Crippen LogP) is 4.00. The molecule has 18 heavy (non-hydrogen) atoms. The largest absolute Gasteiger partial charge is 0.313 e. The number of halogens is 2. The van der Waals surface area contributed by atoms with E-state index in [0.717, 1.165) is 21.6 Å². The highest BCUT2D eigenvalue weighted by molar-refractivity contribution is 9.10. The summed E-state index contributed by atoms with van der Waals surface area (Å²) in [7, 11) is 1.96. The van der Waals surface area contributed by atoms with Crippen LogP contribution in [0.1, 0.15) is 17.3 Å². The third-order valence-corrected chi connectivity index (χ3v) is 3.54. The van der Waals surface area contributed by atoms with Gasteiger partial charge in [-0.3, -0.25) is 4.98 Å². The van der Waals surface area contributed by atoms with E-state index in [4.69, 9.17) is 11.6 Å². The van der Waals surface area contributed by atoms with Crippen LogP contribution in [0.3, 0.4) is 0 Å². The van der Waals surface area contributed by atoms with Gasteiger partial charge in [-0.1, -0.05) is 23.7 Å². The maximum atomic E-state index is 5.90. The molecule has 0 bridgehead atoms. The minimum atomic E-state index is 0.246. The first-order valence-electron chi connectivity index (χ1n) is 5.72. The van der Waals surface area contributed by atoms with Gasteiger partial charge in [0.25, 0.3) is 0 Å². The molecule has 1 aromatic carbocycles. The number of rotatable bonds is 4. The fourth-order valence-electron chi connectivity index (χ4n) is 1.82. The molecule has 4 heteroatoms. The van der Waals surface area contributed by atoms with Crippen molar-refractivity contribution in [2.24, 2.45) is 0 Å². The number of pyridine rings is 1. The van der Waals surface area contributed by atoms with E-state index in [1.165, 1.54) is 5.56 Å². The fourth-order valence-corrected chi connectivity index (χ4v) is 2.18.